The van der Waals surface area contributed by atoms with Gasteiger partial charge in [-0.05, 0) is 18.2 Å². The van der Waals surface area contributed by atoms with Crippen molar-refractivity contribution in [3.8, 4) is 0 Å². The van der Waals surface area contributed by atoms with Crippen molar-refractivity contribution in [2.24, 2.45) is 0 Å². The second-order valence-corrected chi connectivity index (χ2v) is 3.02. The summed E-state index contributed by atoms with van der Waals surface area (Å²) >= 11 is 0. The van der Waals surface area contributed by atoms with Crippen LogP contribution in [0.2, 0.25) is 0 Å². The van der Waals surface area contributed by atoms with E-state index >= 15 is 0 Å². The lowest BCUT2D eigenvalue weighted by molar-refractivity contribution is -0.167. The van der Waals surface area contributed by atoms with Crippen LogP contribution >= 0.6 is 0 Å². The fourth-order valence-electron chi connectivity index (χ4n) is 1.04. The van der Waals surface area contributed by atoms with Gasteiger partial charge in [-0.3, -0.25) is 4.79 Å². The van der Waals surface area contributed by atoms with E-state index in [4.69, 9.17) is 0 Å². The number of nitrogens with one attached hydrogen (secondary N) is 1. The van der Waals surface area contributed by atoms with Crippen LogP contribution < -0.4 is 5.32 Å². The highest BCUT2D eigenvalue weighted by atomic mass is 19.4. The minimum absolute atomic E-state index is 0.0486. The number of methoxy groups -OCH3 is 1. The molecule has 0 fully saturated rings. The molecule has 17 heavy (non-hydrogen) atoms. The number of esters is 1. The van der Waals surface area contributed by atoms with Gasteiger partial charge in [0.25, 0.3) is 0 Å². The molecule has 0 heterocycles. The first-order valence-electron chi connectivity index (χ1n) is 4.41. The van der Waals surface area contributed by atoms with Crippen LogP contribution in [0.5, 0.6) is 0 Å². The molecule has 0 aromatic heterocycles. The molecule has 1 aromatic rings. The minimum atomic E-state index is -4.97. The third kappa shape index (κ3) is 3.47. The molecule has 0 bridgehead atoms. The van der Waals surface area contributed by atoms with Crippen molar-refractivity contribution in [1.29, 1.82) is 0 Å². The normalized spacial score (nSPS) is 10.8. The monoisotopic (exact) mass is 247 g/mol. The van der Waals surface area contributed by atoms with Crippen LogP contribution in [-0.4, -0.2) is 25.2 Å². The third-order valence-corrected chi connectivity index (χ3v) is 1.80. The average molecular weight is 247 g/mol. The van der Waals surface area contributed by atoms with Crippen LogP contribution in [-0.2, 0) is 9.53 Å². The van der Waals surface area contributed by atoms with Crippen LogP contribution in [0.15, 0.2) is 24.3 Å². The van der Waals surface area contributed by atoms with Gasteiger partial charge in [-0.25, -0.2) is 4.79 Å². The first-order chi connectivity index (χ1) is 7.84. The number of alkyl halides is 3. The predicted molar refractivity (Wildman–Crippen MR) is 52.5 cm³/mol. The molecule has 92 valence electrons. The first kappa shape index (κ1) is 13.0. The lowest BCUT2D eigenvalue weighted by Gasteiger charge is -2.08. The lowest BCUT2D eigenvalue weighted by Crippen LogP contribution is -2.29. The number of ether oxygens (including phenoxy) is 1. The molecule has 0 aliphatic heterocycles. The summed E-state index contributed by atoms with van der Waals surface area (Å²) in [4.78, 5) is 21.7. The van der Waals surface area contributed by atoms with Gasteiger partial charge in [-0.15, -0.1) is 0 Å². The Balaban J connectivity index is 2.87. The number of carbonyl (C=O) groups excluding carboxylic acids is 2. The molecular formula is C10H8F3NO3. The van der Waals surface area contributed by atoms with Crippen molar-refractivity contribution in [3.05, 3.63) is 29.8 Å². The number of anilines is 1. The largest absolute Gasteiger partial charge is 0.471 e. The van der Waals surface area contributed by atoms with E-state index in [1.165, 1.54) is 18.2 Å². The van der Waals surface area contributed by atoms with Crippen LogP contribution in [0.25, 0.3) is 0 Å². The second-order valence-electron chi connectivity index (χ2n) is 3.02. The van der Waals surface area contributed by atoms with Gasteiger partial charge in [0.2, 0.25) is 0 Å². The van der Waals surface area contributed by atoms with E-state index in [-0.39, 0.29) is 11.3 Å². The van der Waals surface area contributed by atoms with Gasteiger partial charge in [-0.2, -0.15) is 13.2 Å². The Hall–Kier alpha value is -2.05. The number of hydrogen-bond donors (Lipinski definition) is 1. The zero-order valence-electron chi connectivity index (χ0n) is 8.67. The maximum Gasteiger partial charge on any atom is 0.471 e. The third-order valence-electron chi connectivity index (χ3n) is 1.80. The van der Waals surface area contributed by atoms with E-state index in [9.17, 15) is 22.8 Å². The van der Waals surface area contributed by atoms with Crippen molar-refractivity contribution in [2.75, 3.05) is 12.4 Å². The lowest BCUT2D eigenvalue weighted by atomic mass is 10.2. The van der Waals surface area contributed by atoms with Crippen LogP contribution in [0.3, 0.4) is 0 Å². The van der Waals surface area contributed by atoms with Crippen molar-refractivity contribution >= 4 is 17.6 Å². The molecule has 0 aliphatic rings. The number of benzene rings is 1. The van der Waals surface area contributed by atoms with Crippen LogP contribution in [0.1, 0.15) is 10.4 Å². The smallest absolute Gasteiger partial charge is 0.465 e. The minimum Gasteiger partial charge on any atom is -0.465 e. The summed E-state index contributed by atoms with van der Waals surface area (Å²) in [6.07, 6.45) is -4.97. The Bertz CT molecular complexity index is 443. The maximum absolute atomic E-state index is 12.0. The molecule has 1 aromatic carbocycles. The summed E-state index contributed by atoms with van der Waals surface area (Å²) in [6.45, 7) is 0. The van der Waals surface area contributed by atoms with Crippen LogP contribution in [0, 0.1) is 0 Å². The molecule has 0 saturated heterocycles. The summed E-state index contributed by atoms with van der Waals surface area (Å²) in [5, 5.41) is 1.63. The molecule has 1 N–H and O–H groups in total. The zero-order chi connectivity index (χ0) is 13.1. The summed E-state index contributed by atoms with van der Waals surface area (Å²) in [5.41, 5.74) is -0.0808. The molecular weight excluding hydrogens is 239 g/mol. The van der Waals surface area contributed by atoms with E-state index in [1.54, 1.807) is 5.32 Å². The average Bonchev–Trinajstić information content (AvgIpc) is 2.27. The number of halogens is 3. The standard InChI is InChI=1S/C10H8F3NO3/c1-17-8(15)6-3-2-4-7(5-6)14-9(16)10(11,12)13/h2-5H,1H3,(H,14,16). The van der Waals surface area contributed by atoms with E-state index < -0.39 is 18.1 Å². The number of carbonyl (C=O) groups is 2. The molecule has 4 nitrogen and oxygen atoms in total. The summed E-state index contributed by atoms with van der Waals surface area (Å²) in [7, 11) is 1.14. The van der Waals surface area contributed by atoms with E-state index in [0.717, 1.165) is 13.2 Å². The number of rotatable bonds is 2. The summed E-state index contributed by atoms with van der Waals surface area (Å²) in [5.74, 6) is -2.80. The van der Waals surface area contributed by atoms with Crippen LogP contribution in [0.4, 0.5) is 18.9 Å². The molecule has 0 saturated carbocycles. The van der Waals surface area contributed by atoms with Crippen molar-refractivity contribution in [2.45, 2.75) is 6.18 Å². The van der Waals surface area contributed by atoms with E-state index in [2.05, 4.69) is 4.74 Å². The molecule has 1 rings (SSSR count). The van der Waals surface area contributed by atoms with Gasteiger partial charge in [-0.1, -0.05) is 6.07 Å². The first-order valence-corrected chi connectivity index (χ1v) is 4.41. The molecule has 0 aliphatic carbocycles. The maximum atomic E-state index is 12.0. The summed E-state index contributed by atoms with van der Waals surface area (Å²) < 4.78 is 40.3. The van der Waals surface area contributed by atoms with Crippen molar-refractivity contribution in [1.82, 2.24) is 0 Å². The van der Waals surface area contributed by atoms with Gasteiger partial charge >= 0.3 is 18.1 Å². The highest BCUT2D eigenvalue weighted by Crippen LogP contribution is 2.19. The molecule has 0 spiro atoms. The van der Waals surface area contributed by atoms with Crippen molar-refractivity contribution < 1.29 is 27.5 Å². The number of hydrogen-bond acceptors (Lipinski definition) is 3. The summed E-state index contributed by atoms with van der Waals surface area (Å²) in [6, 6.07) is 5.01. The van der Waals surface area contributed by atoms with Gasteiger partial charge in [0.1, 0.15) is 0 Å². The molecule has 0 unspecified atom stereocenters. The Morgan fingerprint density at radius 2 is 1.94 bits per heavy atom. The molecule has 7 heteroatoms. The zero-order valence-corrected chi connectivity index (χ0v) is 8.67. The van der Waals surface area contributed by atoms with E-state index in [1.807, 2.05) is 0 Å². The van der Waals surface area contributed by atoms with Gasteiger partial charge < -0.3 is 10.1 Å². The Labute approximate surface area is 94.4 Å². The second kappa shape index (κ2) is 4.86. The van der Waals surface area contributed by atoms with Gasteiger partial charge in [0.15, 0.2) is 0 Å². The molecule has 0 atom stereocenters. The van der Waals surface area contributed by atoms with Gasteiger partial charge in [0.05, 0.1) is 12.7 Å². The predicted octanol–water partition coefficient (Wildman–Crippen LogP) is 1.97. The Morgan fingerprint density at radius 3 is 2.47 bits per heavy atom. The molecule has 0 radical (unpaired) electrons. The SMILES string of the molecule is COC(=O)c1cccc(NC(=O)C(F)(F)F)c1. The fourth-order valence-corrected chi connectivity index (χ4v) is 1.04. The number of amides is 1. The van der Waals surface area contributed by atoms with E-state index in [0.29, 0.717) is 0 Å². The quantitative estimate of drug-likeness (QED) is 0.813. The van der Waals surface area contributed by atoms with Gasteiger partial charge in [0, 0.05) is 5.69 Å². The fraction of sp³-hybridized carbons (Fsp3) is 0.200. The highest BCUT2D eigenvalue weighted by Gasteiger charge is 2.38. The van der Waals surface area contributed by atoms with Crippen molar-refractivity contribution in [3.63, 3.8) is 0 Å². The highest BCUT2D eigenvalue weighted by molar-refractivity contribution is 5.96. The topological polar surface area (TPSA) is 55.4 Å². The molecule has 1 amide bonds. The Morgan fingerprint density at radius 1 is 1.29 bits per heavy atom. The Kier molecular flexibility index (Phi) is 3.72.